The van der Waals surface area contributed by atoms with Gasteiger partial charge in [0.1, 0.15) is 5.82 Å². The largest absolute Gasteiger partial charge is 0.325 e. The summed E-state index contributed by atoms with van der Waals surface area (Å²) in [6.45, 7) is 6.06. The fourth-order valence-electron chi connectivity index (χ4n) is 3.41. The maximum atomic E-state index is 14.3. The summed E-state index contributed by atoms with van der Waals surface area (Å²) in [4.78, 5) is 12.9. The molecule has 1 amide bonds. The van der Waals surface area contributed by atoms with Crippen LogP contribution in [0.15, 0.2) is 53.7 Å². The van der Waals surface area contributed by atoms with E-state index in [-0.39, 0.29) is 23.0 Å². The van der Waals surface area contributed by atoms with Gasteiger partial charge >= 0.3 is 0 Å². The van der Waals surface area contributed by atoms with Crippen molar-refractivity contribution in [1.29, 1.82) is 0 Å². The van der Waals surface area contributed by atoms with Gasteiger partial charge < -0.3 is 5.32 Å². The van der Waals surface area contributed by atoms with Gasteiger partial charge in [-0.05, 0) is 49.4 Å². The van der Waals surface area contributed by atoms with Crippen LogP contribution in [0, 0.1) is 5.82 Å². The summed E-state index contributed by atoms with van der Waals surface area (Å²) in [6.07, 6.45) is 2.02. The number of benzene rings is 2. The first kappa shape index (κ1) is 20.6. The molecule has 1 atom stereocenters. The summed E-state index contributed by atoms with van der Waals surface area (Å²) in [5, 5.41) is 11.9. The van der Waals surface area contributed by atoms with Gasteiger partial charge in [-0.1, -0.05) is 55.9 Å². The van der Waals surface area contributed by atoms with Crippen molar-refractivity contribution in [1.82, 2.24) is 14.8 Å². The predicted molar refractivity (Wildman–Crippen MR) is 118 cm³/mol. The molecule has 30 heavy (non-hydrogen) atoms. The van der Waals surface area contributed by atoms with E-state index in [0.717, 1.165) is 24.1 Å². The molecule has 1 N–H and O–H groups in total. The van der Waals surface area contributed by atoms with E-state index in [2.05, 4.69) is 29.4 Å². The average molecular weight is 425 g/mol. The Hall–Kier alpha value is -2.67. The molecule has 0 spiro atoms. The molecule has 1 saturated carbocycles. The first-order chi connectivity index (χ1) is 14.5. The van der Waals surface area contributed by atoms with Gasteiger partial charge in [-0.15, -0.1) is 10.2 Å². The van der Waals surface area contributed by atoms with E-state index in [4.69, 9.17) is 0 Å². The first-order valence-electron chi connectivity index (χ1n) is 10.2. The van der Waals surface area contributed by atoms with Crippen molar-refractivity contribution in [2.24, 2.45) is 0 Å². The molecule has 156 valence electrons. The molecule has 0 radical (unpaired) electrons. The Labute approximate surface area is 180 Å². The number of thioether (sulfide) groups is 1. The van der Waals surface area contributed by atoms with E-state index >= 15 is 0 Å². The molecule has 5 nitrogen and oxygen atoms in total. The van der Waals surface area contributed by atoms with Crippen LogP contribution in [0.5, 0.6) is 0 Å². The lowest BCUT2D eigenvalue weighted by Crippen LogP contribution is -2.23. The van der Waals surface area contributed by atoms with Crippen molar-refractivity contribution in [3.8, 4) is 11.4 Å². The third-order valence-electron chi connectivity index (χ3n) is 5.18. The summed E-state index contributed by atoms with van der Waals surface area (Å²) < 4.78 is 16.3. The van der Waals surface area contributed by atoms with Gasteiger partial charge in [-0.25, -0.2) is 4.39 Å². The third kappa shape index (κ3) is 4.26. The van der Waals surface area contributed by atoms with Gasteiger partial charge in [-0.2, -0.15) is 0 Å². The van der Waals surface area contributed by atoms with Crippen molar-refractivity contribution in [2.75, 3.05) is 5.32 Å². The number of nitrogens with one attached hydrogen (secondary N) is 1. The van der Waals surface area contributed by atoms with Crippen LogP contribution in [-0.4, -0.2) is 25.9 Å². The van der Waals surface area contributed by atoms with Crippen LogP contribution < -0.4 is 5.32 Å². The highest BCUT2D eigenvalue weighted by Gasteiger charge is 2.32. The lowest BCUT2D eigenvalue weighted by Gasteiger charge is -2.16. The summed E-state index contributed by atoms with van der Waals surface area (Å²) in [5.41, 5.74) is 2.37. The zero-order valence-corrected chi connectivity index (χ0v) is 18.1. The highest BCUT2D eigenvalue weighted by atomic mass is 32.2. The molecule has 0 unspecified atom stereocenters. The van der Waals surface area contributed by atoms with Gasteiger partial charge in [0.2, 0.25) is 5.91 Å². The molecule has 1 aliphatic rings. The molecule has 0 aliphatic heterocycles. The van der Waals surface area contributed by atoms with E-state index < -0.39 is 0 Å². The SMILES string of the molecule is CC(C)c1ccccc1NC(=O)[C@@H](C)Sc1nnc(-c2ccccc2F)n1C1CC1. The molecular weight excluding hydrogens is 399 g/mol. The highest BCUT2D eigenvalue weighted by molar-refractivity contribution is 8.00. The Kier molecular flexibility index (Phi) is 5.90. The fourth-order valence-corrected chi connectivity index (χ4v) is 4.33. The second-order valence-corrected chi connectivity index (χ2v) is 9.19. The van der Waals surface area contributed by atoms with Crippen molar-refractivity contribution in [3.05, 3.63) is 59.9 Å². The molecule has 4 rings (SSSR count). The number of amides is 1. The summed E-state index contributed by atoms with van der Waals surface area (Å²) in [5.74, 6) is 0.423. The van der Waals surface area contributed by atoms with Crippen molar-refractivity contribution >= 4 is 23.4 Å². The van der Waals surface area contributed by atoms with Crippen molar-refractivity contribution in [3.63, 3.8) is 0 Å². The molecule has 3 aromatic rings. The van der Waals surface area contributed by atoms with Gasteiger partial charge in [0.05, 0.1) is 10.8 Å². The molecule has 0 saturated heterocycles. The zero-order valence-electron chi connectivity index (χ0n) is 17.3. The van der Waals surface area contributed by atoms with Crippen LogP contribution in [0.4, 0.5) is 10.1 Å². The van der Waals surface area contributed by atoms with Crippen LogP contribution >= 0.6 is 11.8 Å². The van der Waals surface area contributed by atoms with E-state index in [1.807, 2.05) is 35.8 Å². The number of nitrogens with zero attached hydrogens (tertiary/aromatic N) is 3. The molecule has 7 heteroatoms. The third-order valence-corrected chi connectivity index (χ3v) is 6.24. The molecule has 1 heterocycles. The van der Waals surface area contributed by atoms with Gasteiger partial charge in [0, 0.05) is 11.7 Å². The fraction of sp³-hybridized carbons (Fsp3) is 0.348. The number of anilines is 1. The predicted octanol–water partition coefficient (Wildman–Crippen LogP) is 5.66. The van der Waals surface area contributed by atoms with Crippen molar-refractivity contribution < 1.29 is 9.18 Å². The number of para-hydroxylation sites is 1. The number of rotatable bonds is 7. The molecule has 2 aromatic carbocycles. The minimum atomic E-state index is -0.375. The number of hydrogen-bond donors (Lipinski definition) is 1. The van der Waals surface area contributed by atoms with Gasteiger partial charge in [-0.3, -0.25) is 9.36 Å². The number of carbonyl (C=O) groups is 1. The number of carbonyl (C=O) groups excluding carboxylic acids is 1. The molecular formula is C23H25FN4OS. The minimum absolute atomic E-state index is 0.0918. The normalized spacial score (nSPS) is 14.7. The Morgan fingerprint density at radius 2 is 1.80 bits per heavy atom. The van der Waals surface area contributed by atoms with Crippen LogP contribution in [-0.2, 0) is 4.79 Å². The number of hydrogen-bond acceptors (Lipinski definition) is 4. The smallest absolute Gasteiger partial charge is 0.237 e. The minimum Gasteiger partial charge on any atom is -0.325 e. The second kappa shape index (κ2) is 8.60. The Balaban J connectivity index is 1.55. The lowest BCUT2D eigenvalue weighted by atomic mass is 10.0. The molecule has 0 bridgehead atoms. The first-order valence-corrected chi connectivity index (χ1v) is 11.1. The molecule has 1 aliphatic carbocycles. The maximum absolute atomic E-state index is 14.3. The van der Waals surface area contributed by atoms with E-state index in [0.29, 0.717) is 22.5 Å². The number of aromatic nitrogens is 3. The van der Waals surface area contributed by atoms with Crippen LogP contribution in [0.25, 0.3) is 11.4 Å². The Morgan fingerprint density at radius 3 is 2.50 bits per heavy atom. The average Bonchev–Trinajstić information content (AvgIpc) is 3.49. The quantitative estimate of drug-likeness (QED) is 0.497. The lowest BCUT2D eigenvalue weighted by molar-refractivity contribution is -0.115. The van der Waals surface area contributed by atoms with Crippen molar-refractivity contribution in [2.45, 2.75) is 56.0 Å². The second-order valence-electron chi connectivity index (χ2n) is 7.88. The summed E-state index contributed by atoms with van der Waals surface area (Å²) in [6, 6.07) is 14.7. The van der Waals surface area contributed by atoms with Crippen LogP contribution in [0.1, 0.15) is 51.1 Å². The Morgan fingerprint density at radius 1 is 1.10 bits per heavy atom. The zero-order chi connectivity index (χ0) is 21.3. The monoisotopic (exact) mass is 424 g/mol. The molecule has 1 fully saturated rings. The van der Waals surface area contributed by atoms with Gasteiger partial charge in [0.25, 0.3) is 0 Å². The number of halogens is 1. The highest BCUT2D eigenvalue weighted by Crippen LogP contribution is 2.42. The van der Waals surface area contributed by atoms with Crippen LogP contribution in [0.3, 0.4) is 0 Å². The van der Waals surface area contributed by atoms with E-state index in [1.54, 1.807) is 18.2 Å². The molecule has 1 aromatic heterocycles. The standard InChI is InChI=1S/C23H25FN4OS/c1-14(2)17-8-5-7-11-20(17)25-22(29)15(3)30-23-27-26-21(28(23)16-12-13-16)18-9-4-6-10-19(18)24/h4-11,14-16H,12-13H2,1-3H3,(H,25,29)/t15-/m1/s1. The van der Waals surface area contributed by atoms with E-state index in [1.165, 1.54) is 17.8 Å². The topological polar surface area (TPSA) is 59.8 Å². The van der Waals surface area contributed by atoms with Crippen LogP contribution in [0.2, 0.25) is 0 Å². The Bertz CT molecular complexity index is 1060. The van der Waals surface area contributed by atoms with Gasteiger partial charge in [0.15, 0.2) is 11.0 Å². The summed E-state index contributed by atoms with van der Waals surface area (Å²) in [7, 11) is 0. The van der Waals surface area contributed by atoms with E-state index in [9.17, 15) is 9.18 Å². The summed E-state index contributed by atoms with van der Waals surface area (Å²) >= 11 is 1.36. The maximum Gasteiger partial charge on any atom is 0.237 e.